The predicted octanol–water partition coefficient (Wildman–Crippen LogP) is 4.80. The Morgan fingerprint density at radius 1 is 0.911 bits per heavy atom. The summed E-state index contributed by atoms with van der Waals surface area (Å²) in [6.45, 7) is 4.72. The molecule has 4 heterocycles. The molecule has 226 valence electrons. The summed E-state index contributed by atoms with van der Waals surface area (Å²) >= 11 is 0. The number of hydrogen-bond donors (Lipinski definition) is 2. The van der Waals surface area contributed by atoms with Crippen LogP contribution in [0.2, 0.25) is 0 Å². The minimum absolute atomic E-state index is 0.132. The molecule has 1 aliphatic heterocycles. The molecule has 1 fully saturated rings. The molecule has 45 heavy (non-hydrogen) atoms. The molecule has 0 amide bonds. The summed E-state index contributed by atoms with van der Waals surface area (Å²) in [6, 6.07) is 26.5. The maximum absolute atomic E-state index is 12.0. The van der Waals surface area contributed by atoms with Crippen molar-refractivity contribution in [3.8, 4) is 34.1 Å². The fraction of sp³-hybridized carbons (Fsp3) is 0.229. The standard InChI is InChI=1S/C35H33N7O3/c1-2-45-32-29(30(43)31(32)44)38-24-16-19-41(20-17-24)21-22-10-12-25(13-11-22)42-34(26-9-6-18-37-33(26)36)40-28-15-14-27(39-35(28)42)23-7-4-3-5-8-23/h3-15,18,24,38H,2,16-17,19-21H2,1H3,(H2,36,37). The largest absolute Gasteiger partial charge is 0.488 e. The highest BCUT2D eigenvalue weighted by Gasteiger charge is 2.27. The summed E-state index contributed by atoms with van der Waals surface area (Å²) in [5, 5.41) is 3.26. The Hall–Kier alpha value is -5.35. The van der Waals surface area contributed by atoms with Crippen molar-refractivity contribution in [2.45, 2.75) is 32.4 Å². The highest BCUT2D eigenvalue weighted by atomic mass is 16.5. The van der Waals surface area contributed by atoms with Crippen LogP contribution in [-0.4, -0.2) is 50.2 Å². The zero-order valence-electron chi connectivity index (χ0n) is 24.9. The molecule has 0 atom stereocenters. The predicted molar refractivity (Wildman–Crippen MR) is 176 cm³/mol. The van der Waals surface area contributed by atoms with Gasteiger partial charge in [-0.2, -0.15) is 0 Å². The van der Waals surface area contributed by atoms with E-state index in [0.29, 0.717) is 23.9 Å². The van der Waals surface area contributed by atoms with Gasteiger partial charge in [-0.05, 0) is 61.7 Å². The Balaban J connectivity index is 1.12. The number of anilines is 2. The molecule has 0 spiro atoms. The van der Waals surface area contributed by atoms with Crippen LogP contribution < -0.4 is 26.6 Å². The molecule has 0 unspecified atom stereocenters. The lowest BCUT2D eigenvalue weighted by Crippen LogP contribution is -2.43. The molecule has 10 heteroatoms. The second-order valence-electron chi connectivity index (χ2n) is 11.3. The van der Waals surface area contributed by atoms with E-state index in [-0.39, 0.29) is 11.8 Å². The van der Waals surface area contributed by atoms with Gasteiger partial charge in [0.15, 0.2) is 17.2 Å². The number of benzene rings is 2. The molecule has 0 aliphatic carbocycles. The van der Waals surface area contributed by atoms with Crippen molar-refractivity contribution in [1.29, 1.82) is 0 Å². The lowest BCUT2D eigenvalue weighted by molar-refractivity contribution is 0.211. The van der Waals surface area contributed by atoms with E-state index in [1.165, 1.54) is 5.56 Å². The Morgan fingerprint density at radius 2 is 1.69 bits per heavy atom. The fourth-order valence-electron chi connectivity index (χ4n) is 5.99. The molecule has 1 saturated heterocycles. The van der Waals surface area contributed by atoms with Crippen LogP contribution in [0.3, 0.4) is 0 Å². The smallest absolute Gasteiger partial charge is 0.272 e. The normalized spacial score (nSPS) is 14.2. The molecule has 3 aromatic carbocycles. The molecular weight excluding hydrogens is 566 g/mol. The molecule has 6 aromatic rings. The van der Waals surface area contributed by atoms with Crippen molar-refractivity contribution < 1.29 is 4.74 Å². The Labute approximate surface area is 259 Å². The van der Waals surface area contributed by atoms with Gasteiger partial charge in [0.2, 0.25) is 0 Å². The molecule has 3 aromatic heterocycles. The zero-order valence-corrected chi connectivity index (χ0v) is 24.9. The number of nitrogens with zero attached hydrogens (tertiary/aromatic N) is 5. The minimum atomic E-state index is -0.535. The summed E-state index contributed by atoms with van der Waals surface area (Å²) in [4.78, 5) is 40.5. The number of aromatic nitrogens is 4. The first-order valence-electron chi connectivity index (χ1n) is 15.2. The molecule has 10 nitrogen and oxygen atoms in total. The second kappa shape index (κ2) is 12.0. The van der Waals surface area contributed by atoms with E-state index >= 15 is 0 Å². The van der Waals surface area contributed by atoms with Gasteiger partial charge in [-0.3, -0.25) is 19.1 Å². The van der Waals surface area contributed by atoms with Gasteiger partial charge in [-0.25, -0.2) is 15.0 Å². The topological polar surface area (TPSA) is 128 Å². The lowest BCUT2D eigenvalue weighted by Gasteiger charge is -2.33. The Kier molecular flexibility index (Phi) is 7.56. The van der Waals surface area contributed by atoms with Gasteiger partial charge in [0.1, 0.15) is 17.0 Å². The number of piperidine rings is 1. The minimum Gasteiger partial charge on any atom is -0.488 e. The molecule has 0 bridgehead atoms. The van der Waals surface area contributed by atoms with Crippen LogP contribution in [0.5, 0.6) is 5.75 Å². The van der Waals surface area contributed by atoms with E-state index in [0.717, 1.165) is 66.1 Å². The number of fused-ring (bicyclic) bond motifs is 1. The van der Waals surface area contributed by atoms with E-state index in [9.17, 15) is 9.59 Å². The maximum Gasteiger partial charge on any atom is 0.272 e. The van der Waals surface area contributed by atoms with E-state index < -0.39 is 10.9 Å². The molecule has 7 rings (SSSR count). The monoisotopic (exact) mass is 599 g/mol. The van der Waals surface area contributed by atoms with Crippen molar-refractivity contribution >= 4 is 22.7 Å². The van der Waals surface area contributed by atoms with Gasteiger partial charge in [0.25, 0.3) is 10.9 Å². The first-order chi connectivity index (χ1) is 22.0. The number of imidazole rings is 1. The zero-order chi connectivity index (χ0) is 30.9. The molecule has 0 radical (unpaired) electrons. The first kappa shape index (κ1) is 28.4. The molecule has 0 saturated carbocycles. The van der Waals surface area contributed by atoms with Crippen LogP contribution in [0.1, 0.15) is 25.3 Å². The van der Waals surface area contributed by atoms with Gasteiger partial charge < -0.3 is 15.8 Å². The summed E-state index contributed by atoms with van der Waals surface area (Å²) in [5.41, 5.74) is 11.9. The molecular formula is C35H33N7O3. The Morgan fingerprint density at radius 3 is 2.42 bits per heavy atom. The number of pyridine rings is 2. The summed E-state index contributed by atoms with van der Waals surface area (Å²) in [7, 11) is 0. The van der Waals surface area contributed by atoms with Gasteiger partial charge in [-0.15, -0.1) is 0 Å². The van der Waals surface area contributed by atoms with Crippen molar-refractivity contribution in [2.24, 2.45) is 0 Å². The van der Waals surface area contributed by atoms with E-state index in [2.05, 4.69) is 39.5 Å². The van der Waals surface area contributed by atoms with Gasteiger partial charge in [0.05, 0.1) is 17.9 Å². The van der Waals surface area contributed by atoms with Crippen LogP contribution in [0, 0.1) is 0 Å². The number of nitrogens with one attached hydrogen (secondary N) is 1. The summed E-state index contributed by atoms with van der Waals surface area (Å²) < 4.78 is 7.41. The highest BCUT2D eigenvalue weighted by molar-refractivity contribution is 5.84. The third-order valence-corrected chi connectivity index (χ3v) is 8.35. The third kappa shape index (κ3) is 5.44. The summed E-state index contributed by atoms with van der Waals surface area (Å²) in [5.74, 6) is 1.27. The SMILES string of the molecule is CCOc1c(NC2CCN(Cc3ccc(-n4c(-c5cccnc5N)nc5ccc(-c6ccccc6)nc54)cc3)CC2)c(=O)c1=O. The fourth-order valence-corrected chi connectivity index (χ4v) is 5.99. The van der Waals surface area contributed by atoms with Crippen LogP contribution in [-0.2, 0) is 6.54 Å². The van der Waals surface area contributed by atoms with E-state index in [4.69, 9.17) is 20.4 Å². The molecule has 1 aliphatic rings. The van der Waals surface area contributed by atoms with E-state index in [1.807, 2.05) is 59.2 Å². The maximum atomic E-state index is 12.0. The number of rotatable bonds is 9. The number of hydrogen-bond acceptors (Lipinski definition) is 9. The quantitative estimate of drug-likeness (QED) is 0.225. The van der Waals surface area contributed by atoms with Crippen LogP contribution >= 0.6 is 0 Å². The number of nitrogen functional groups attached to an aromatic ring is 1. The molecule has 3 N–H and O–H groups in total. The average Bonchev–Trinajstić information content (AvgIpc) is 3.46. The third-order valence-electron chi connectivity index (χ3n) is 8.35. The second-order valence-corrected chi connectivity index (χ2v) is 11.3. The first-order valence-corrected chi connectivity index (χ1v) is 15.2. The van der Waals surface area contributed by atoms with Crippen molar-refractivity contribution in [3.05, 3.63) is 111 Å². The number of nitrogens with two attached hydrogens (primary N) is 1. The highest BCUT2D eigenvalue weighted by Crippen LogP contribution is 2.32. The van der Waals surface area contributed by atoms with Crippen molar-refractivity contribution in [3.63, 3.8) is 0 Å². The van der Waals surface area contributed by atoms with Crippen molar-refractivity contribution in [2.75, 3.05) is 30.7 Å². The number of ether oxygens (including phenoxy) is 1. The lowest BCUT2D eigenvalue weighted by atomic mass is 10.0. The number of likely N-dealkylation sites (tertiary alicyclic amines) is 1. The summed E-state index contributed by atoms with van der Waals surface area (Å²) in [6.07, 6.45) is 3.41. The van der Waals surface area contributed by atoms with Crippen LogP contribution in [0.4, 0.5) is 11.5 Å². The van der Waals surface area contributed by atoms with Gasteiger partial charge >= 0.3 is 0 Å². The Bertz CT molecular complexity index is 2040. The average molecular weight is 600 g/mol. The van der Waals surface area contributed by atoms with Crippen LogP contribution in [0.25, 0.3) is 39.5 Å². The van der Waals surface area contributed by atoms with Crippen molar-refractivity contribution in [1.82, 2.24) is 24.4 Å². The van der Waals surface area contributed by atoms with E-state index in [1.54, 1.807) is 13.1 Å². The van der Waals surface area contributed by atoms with Gasteiger partial charge in [0, 0.05) is 43.1 Å². The van der Waals surface area contributed by atoms with Crippen LogP contribution in [0.15, 0.2) is 94.6 Å². The van der Waals surface area contributed by atoms with Gasteiger partial charge in [-0.1, -0.05) is 42.5 Å².